The quantitative estimate of drug-likeness (QED) is 0.712. The van der Waals surface area contributed by atoms with E-state index >= 15 is 0 Å². The molecule has 31 heavy (non-hydrogen) atoms. The van der Waals surface area contributed by atoms with Gasteiger partial charge in [0.2, 0.25) is 12.7 Å². The summed E-state index contributed by atoms with van der Waals surface area (Å²) in [7, 11) is 1.74. The number of aryl methyl sites for hydroxylation is 1. The molecule has 0 N–H and O–H groups in total. The summed E-state index contributed by atoms with van der Waals surface area (Å²) in [6.45, 7) is 3.17. The first-order valence-corrected chi connectivity index (χ1v) is 10.2. The number of hydrogen-bond donors (Lipinski definition) is 0. The molecule has 0 saturated carbocycles. The Hall–Kier alpha value is -3.33. The van der Waals surface area contributed by atoms with Gasteiger partial charge in [-0.25, -0.2) is 0 Å². The fraction of sp³-hybridized carbons (Fsp3) is 0.409. The van der Waals surface area contributed by atoms with Gasteiger partial charge in [-0.1, -0.05) is 0 Å². The lowest BCUT2D eigenvalue weighted by Gasteiger charge is -2.38. The first-order valence-electron chi connectivity index (χ1n) is 10.2. The molecule has 2 aromatic rings. The molecule has 2 fully saturated rings. The molecule has 162 valence electrons. The minimum Gasteiger partial charge on any atom is -0.454 e. The van der Waals surface area contributed by atoms with Crippen LogP contribution >= 0.6 is 0 Å². The van der Waals surface area contributed by atoms with Crippen molar-refractivity contribution in [3.63, 3.8) is 0 Å². The molecule has 9 heteroatoms. The minimum absolute atomic E-state index is 0.0137. The number of likely N-dealkylation sites (N-methyl/N-ethyl adjacent to an activating group) is 1. The van der Waals surface area contributed by atoms with E-state index in [0.717, 1.165) is 0 Å². The minimum atomic E-state index is -0.572. The van der Waals surface area contributed by atoms with Crippen molar-refractivity contribution in [1.82, 2.24) is 14.4 Å². The van der Waals surface area contributed by atoms with Gasteiger partial charge in [0.25, 0.3) is 11.5 Å². The molecule has 9 nitrogen and oxygen atoms in total. The van der Waals surface area contributed by atoms with E-state index in [1.54, 1.807) is 54.2 Å². The number of nitrogens with zero attached hydrogens (tertiary/aromatic N) is 3. The van der Waals surface area contributed by atoms with Crippen LogP contribution in [0.2, 0.25) is 0 Å². The molecule has 3 aliphatic rings. The molecular weight excluding hydrogens is 402 g/mol. The number of ether oxygens (including phenoxy) is 3. The third-order valence-corrected chi connectivity index (χ3v) is 6.21. The van der Waals surface area contributed by atoms with Gasteiger partial charge in [-0.15, -0.1) is 0 Å². The van der Waals surface area contributed by atoms with Gasteiger partial charge in [-0.2, -0.15) is 0 Å². The fourth-order valence-corrected chi connectivity index (χ4v) is 4.44. The monoisotopic (exact) mass is 425 g/mol. The van der Waals surface area contributed by atoms with Crippen LogP contribution in [0.1, 0.15) is 22.3 Å². The second-order valence-electron chi connectivity index (χ2n) is 8.28. The summed E-state index contributed by atoms with van der Waals surface area (Å²) < 4.78 is 18.0. The van der Waals surface area contributed by atoms with E-state index in [-0.39, 0.29) is 36.3 Å². The first kappa shape index (κ1) is 19.6. The maximum Gasteiger partial charge on any atom is 0.268 e. The molecule has 2 amide bonds. The molecule has 1 atom stereocenters. The average Bonchev–Trinajstić information content (AvgIpc) is 3.38. The lowest BCUT2D eigenvalue weighted by atomic mass is 10.0. The molecule has 3 aliphatic heterocycles. The first-order chi connectivity index (χ1) is 14.9. The van der Waals surface area contributed by atoms with E-state index in [4.69, 9.17) is 14.2 Å². The number of aromatic nitrogens is 1. The van der Waals surface area contributed by atoms with Gasteiger partial charge in [0, 0.05) is 25.9 Å². The van der Waals surface area contributed by atoms with Crippen LogP contribution in [0.4, 0.5) is 0 Å². The van der Waals surface area contributed by atoms with Crippen molar-refractivity contribution >= 4 is 11.8 Å². The van der Waals surface area contributed by atoms with Gasteiger partial charge < -0.3 is 24.0 Å². The summed E-state index contributed by atoms with van der Waals surface area (Å²) in [6.07, 6.45) is 2.28. The number of benzene rings is 1. The SMILES string of the molecule is Cc1ccn(-c2ccc3c(c2)OCO3)c(=O)c1C(=O)N1CCC2(CN(C)C(=O)CO2)C1. The van der Waals surface area contributed by atoms with Gasteiger partial charge >= 0.3 is 0 Å². The number of pyridine rings is 1. The zero-order valence-electron chi connectivity index (χ0n) is 17.4. The highest BCUT2D eigenvalue weighted by Gasteiger charge is 2.46. The largest absolute Gasteiger partial charge is 0.454 e. The van der Waals surface area contributed by atoms with Gasteiger partial charge in [-0.05, 0) is 37.1 Å². The van der Waals surface area contributed by atoms with E-state index < -0.39 is 5.60 Å². The summed E-state index contributed by atoms with van der Waals surface area (Å²) >= 11 is 0. The molecule has 0 radical (unpaired) electrons. The summed E-state index contributed by atoms with van der Waals surface area (Å²) in [5, 5.41) is 0. The Morgan fingerprint density at radius 2 is 1.90 bits per heavy atom. The Morgan fingerprint density at radius 1 is 1.10 bits per heavy atom. The van der Waals surface area contributed by atoms with Crippen molar-refractivity contribution in [2.75, 3.05) is 40.1 Å². The Labute approximate surface area is 178 Å². The molecule has 5 rings (SSSR count). The lowest BCUT2D eigenvalue weighted by molar-refractivity contribution is -0.158. The summed E-state index contributed by atoms with van der Waals surface area (Å²) in [4.78, 5) is 41.7. The molecule has 4 heterocycles. The number of rotatable bonds is 2. The summed E-state index contributed by atoms with van der Waals surface area (Å²) in [5.41, 5.74) is 0.387. The van der Waals surface area contributed by atoms with Crippen molar-refractivity contribution in [1.29, 1.82) is 0 Å². The molecule has 1 aromatic carbocycles. The molecule has 1 spiro atoms. The molecule has 1 aromatic heterocycles. The maximum absolute atomic E-state index is 13.4. The summed E-state index contributed by atoms with van der Waals surface area (Å²) in [6, 6.07) is 6.98. The van der Waals surface area contributed by atoms with Crippen LogP contribution in [0, 0.1) is 6.92 Å². The average molecular weight is 425 g/mol. The van der Waals surface area contributed by atoms with Crippen LogP contribution in [0.25, 0.3) is 5.69 Å². The van der Waals surface area contributed by atoms with Crippen molar-refractivity contribution in [3.05, 3.63) is 51.9 Å². The zero-order valence-corrected chi connectivity index (χ0v) is 17.4. The third kappa shape index (κ3) is 3.25. The van der Waals surface area contributed by atoms with Crippen molar-refractivity contribution in [2.45, 2.75) is 18.9 Å². The normalized spacial score (nSPS) is 22.5. The van der Waals surface area contributed by atoms with Crippen LogP contribution in [0.15, 0.2) is 35.3 Å². The third-order valence-electron chi connectivity index (χ3n) is 6.21. The lowest BCUT2D eigenvalue weighted by Crippen LogP contribution is -2.54. The zero-order chi connectivity index (χ0) is 21.8. The van der Waals surface area contributed by atoms with Crippen LogP contribution < -0.4 is 15.0 Å². The number of morpholine rings is 1. The van der Waals surface area contributed by atoms with Crippen LogP contribution in [-0.4, -0.2) is 71.9 Å². The van der Waals surface area contributed by atoms with Crippen molar-refractivity contribution in [2.24, 2.45) is 0 Å². The number of likely N-dealkylation sites (tertiary alicyclic amines) is 1. The summed E-state index contributed by atoms with van der Waals surface area (Å²) in [5.74, 6) is 0.796. The maximum atomic E-state index is 13.4. The van der Waals surface area contributed by atoms with Gasteiger partial charge in [-0.3, -0.25) is 19.0 Å². The Kier molecular flexibility index (Phi) is 4.51. The van der Waals surface area contributed by atoms with E-state index in [9.17, 15) is 14.4 Å². The van der Waals surface area contributed by atoms with Crippen LogP contribution in [-0.2, 0) is 9.53 Å². The second kappa shape index (κ2) is 7.12. The Morgan fingerprint density at radius 3 is 2.71 bits per heavy atom. The van der Waals surface area contributed by atoms with E-state index in [2.05, 4.69) is 0 Å². The Balaban J connectivity index is 1.44. The van der Waals surface area contributed by atoms with Crippen molar-refractivity contribution < 1.29 is 23.8 Å². The highest BCUT2D eigenvalue weighted by Crippen LogP contribution is 2.34. The van der Waals surface area contributed by atoms with Crippen LogP contribution in [0.3, 0.4) is 0 Å². The fourth-order valence-electron chi connectivity index (χ4n) is 4.44. The smallest absolute Gasteiger partial charge is 0.268 e. The molecule has 0 aliphatic carbocycles. The molecule has 1 unspecified atom stereocenters. The van der Waals surface area contributed by atoms with Crippen molar-refractivity contribution in [3.8, 4) is 17.2 Å². The van der Waals surface area contributed by atoms with Gasteiger partial charge in [0.15, 0.2) is 11.5 Å². The Bertz CT molecular complexity index is 1140. The van der Waals surface area contributed by atoms with E-state index in [1.807, 2.05) is 0 Å². The van der Waals surface area contributed by atoms with E-state index in [0.29, 0.717) is 48.8 Å². The molecule has 0 bridgehead atoms. The van der Waals surface area contributed by atoms with Gasteiger partial charge in [0.1, 0.15) is 17.8 Å². The predicted molar refractivity (Wildman–Crippen MR) is 110 cm³/mol. The topological polar surface area (TPSA) is 90.3 Å². The number of hydrogen-bond acceptors (Lipinski definition) is 6. The molecular formula is C22H23N3O6. The number of carbonyl (C=O) groups excluding carboxylic acids is 2. The number of carbonyl (C=O) groups is 2. The highest BCUT2D eigenvalue weighted by molar-refractivity contribution is 5.95. The second-order valence-corrected chi connectivity index (χ2v) is 8.28. The van der Waals surface area contributed by atoms with Gasteiger partial charge in [0.05, 0.1) is 18.8 Å². The van der Waals surface area contributed by atoms with E-state index in [1.165, 1.54) is 4.57 Å². The predicted octanol–water partition coefficient (Wildman–Crippen LogP) is 0.948. The highest BCUT2D eigenvalue weighted by atomic mass is 16.7. The number of amides is 2. The standard InChI is InChI=1S/C22H23N3O6/c1-14-5-7-25(15-3-4-16-17(9-15)30-13-29-16)21(28)19(14)20(27)24-8-6-22(12-24)11-23(2)18(26)10-31-22/h3-5,7,9H,6,8,10-13H2,1-2H3. The number of fused-ring (bicyclic) bond motifs is 1. The molecule has 2 saturated heterocycles. The van der Waals surface area contributed by atoms with Crippen LogP contribution in [0.5, 0.6) is 11.5 Å².